The van der Waals surface area contributed by atoms with Gasteiger partial charge in [0.25, 0.3) is 5.91 Å². The zero-order chi connectivity index (χ0) is 12.1. The minimum atomic E-state index is -0.365. The van der Waals surface area contributed by atoms with Gasteiger partial charge in [-0.1, -0.05) is 22.9 Å². The van der Waals surface area contributed by atoms with Crippen LogP contribution in [-0.2, 0) is 0 Å². The first-order valence-corrected chi connectivity index (χ1v) is 6.62. The zero-order valence-electron chi connectivity index (χ0n) is 8.77. The van der Waals surface area contributed by atoms with E-state index < -0.39 is 0 Å². The summed E-state index contributed by atoms with van der Waals surface area (Å²) < 4.78 is 13.3. The van der Waals surface area contributed by atoms with Crippen LogP contribution in [0, 0.1) is 5.82 Å². The summed E-state index contributed by atoms with van der Waals surface area (Å²) in [5, 5.41) is 2.77. The number of amides is 1. The van der Waals surface area contributed by atoms with Gasteiger partial charge in [-0.05, 0) is 40.5 Å². The van der Waals surface area contributed by atoms with Crippen molar-refractivity contribution in [1.29, 1.82) is 0 Å². The molecular weight excluding hydrogens is 341 g/mol. The highest BCUT2D eigenvalue weighted by molar-refractivity contribution is 9.10. The highest BCUT2D eigenvalue weighted by Crippen LogP contribution is 2.17. The number of rotatable bonds is 4. The molecule has 0 aliphatic carbocycles. The Kier molecular flexibility index (Phi) is 5.41. The Morgan fingerprint density at radius 3 is 2.81 bits per heavy atom. The van der Waals surface area contributed by atoms with Crippen molar-refractivity contribution in [3.8, 4) is 0 Å². The number of nitrogens with one attached hydrogen (secondary N) is 1. The van der Waals surface area contributed by atoms with Crippen LogP contribution in [0.1, 0.15) is 23.7 Å². The molecule has 0 aliphatic heterocycles. The highest BCUT2D eigenvalue weighted by Gasteiger charge is 2.11. The summed E-state index contributed by atoms with van der Waals surface area (Å²) in [6.45, 7) is 2.58. The van der Waals surface area contributed by atoms with Crippen LogP contribution in [0.3, 0.4) is 0 Å². The summed E-state index contributed by atoms with van der Waals surface area (Å²) in [6.07, 6.45) is 0.935. The molecule has 0 aliphatic rings. The lowest BCUT2D eigenvalue weighted by atomic mass is 10.2. The van der Waals surface area contributed by atoms with Crippen molar-refractivity contribution in [2.24, 2.45) is 0 Å². The molecule has 1 amide bonds. The molecule has 0 heterocycles. The summed E-state index contributed by atoms with van der Waals surface area (Å²) in [5.74, 6) is -0.569. The first-order chi connectivity index (χ1) is 7.54. The third kappa shape index (κ3) is 3.87. The molecule has 1 unspecified atom stereocenters. The van der Waals surface area contributed by atoms with Crippen LogP contribution in [0.4, 0.5) is 4.39 Å². The number of alkyl halides is 1. The molecule has 0 saturated carbocycles. The molecule has 0 spiro atoms. The van der Waals surface area contributed by atoms with Crippen LogP contribution in [-0.4, -0.2) is 17.3 Å². The van der Waals surface area contributed by atoms with E-state index in [4.69, 9.17) is 0 Å². The normalized spacial score (nSPS) is 12.2. The van der Waals surface area contributed by atoms with Gasteiger partial charge in [0, 0.05) is 15.8 Å². The molecule has 1 atom stereocenters. The Hall–Kier alpha value is -0.420. The van der Waals surface area contributed by atoms with Gasteiger partial charge in [-0.3, -0.25) is 4.79 Å². The van der Waals surface area contributed by atoms with Crippen LogP contribution in [0.15, 0.2) is 22.7 Å². The van der Waals surface area contributed by atoms with Crippen LogP contribution < -0.4 is 5.32 Å². The fraction of sp³-hybridized carbons (Fsp3) is 0.364. The molecule has 1 N–H and O–H groups in total. The Morgan fingerprint density at radius 2 is 2.25 bits per heavy atom. The number of halogens is 3. The minimum absolute atomic E-state index is 0.204. The second kappa shape index (κ2) is 6.35. The zero-order valence-corrected chi connectivity index (χ0v) is 11.9. The van der Waals surface area contributed by atoms with Gasteiger partial charge in [0.2, 0.25) is 0 Å². The van der Waals surface area contributed by atoms with Crippen molar-refractivity contribution in [3.05, 3.63) is 34.1 Å². The minimum Gasteiger partial charge on any atom is -0.351 e. The van der Waals surface area contributed by atoms with Gasteiger partial charge in [-0.2, -0.15) is 0 Å². The average Bonchev–Trinajstić information content (AvgIpc) is 2.25. The molecule has 0 bridgehead atoms. The Labute approximate surface area is 111 Å². The summed E-state index contributed by atoms with van der Waals surface area (Å²) in [5.41, 5.74) is 0.442. The third-order valence-electron chi connectivity index (χ3n) is 2.10. The van der Waals surface area contributed by atoms with Crippen LogP contribution in [0.5, 0.6) is 0 Å². The maximum Gasteiger partial charge on any atom is 0.252 e. The van der Waals surface area contributed by atoms with E-state index in [-0.39, 0.29) is 16.6 Å². The van der Waals surface area contributed by atoms with E-state index in [1.54, 1.807) is 0 Å². The number of hydrogen-bond donors (Lipinski definition) is 1. The SMILES string of the molecule is CCC(Br)CNC(=O)c1ccc(F)cc1Br. The molecular formula is C11H12Br2FNO. The van der Waals surface area contributed by atoms with Crippen LogP contribution in [0.2, 0.25) is 0 Å². The smallest absolute Gasteiger partial charge is 0.252 e. The molecule has 16 heavy (non-hydrogen) atoms. The van der Waals surface area contributed by atoms with E-state index in [1.807, 2.05) is 6.92 Å². The Bertz CT molecular complexity index is 384. The molecule has 2 nitrogen and oxygen atoms in total. The maximum absolute atomic E-state index is 12.8. The van der Waals surface area contributed by atoms with Crippen molar-refractivity contribution in [3.63, 3.8) is 0 Å². The van der Waals surface area contributed by atoms with Gasteiger partial charge < -0.3 is 5.32 Å². The molecule has 1 aromatic carbocycles. The summed E-state index contributed by atoms with van der Waals surface area (Å²) >= 11 is 6.58. The highest BCUT2D eigenvalue weighted by atomic mass is 79.9. The largest absolute Gasteiger partial charge is 0.351 e. The Morgan fingerprint density at radius 1 is 1.56 bits per heavy atom. The monoisotopic (exact) mass is 351 g/mol. The lowest BCUT2D eigenvalue weighted by molar-refractivity contribution is 0.0953. The van der Waals surface area contributed by atoms with Gasteiger partial charge in [0.05, 0.1) is 5.56 Å². The van der Waals surface area contributed by atoms with Gasteiger partial charge in [0.1, 0.15) is 5.82 Å². The molecule has 0 fully saturated rings. The van der Waals surface area contributed by atoms with Gasteiger partial charge >= 0.3 is 0 Å². The lowest BCUT2D eigenvalue weighted by Crippen LogP contribution is -2.29. The van der Waals surface area contributed by atoms with E-state index in [1.165, 1.54) is 18.2 Å². The number of carbonyl (C=O) groups is 1. The molecule has 0 saturated heterocycles. The molecule has 5 heteroatoms. The molecule has 0 aromatic heterocycles. The topological polar surface area (TPSA) is 29.1 Å². The molecule has 88 valence electrons. The van der Waals surface area contributed by atoms with Gasteiger partial charge in [-0.15, -0.1) is 0 Å². The summed E-state index contributed by atoms with van der Waals surface area (Å²) in [7, 11) is 0. The summed E-state index contributed by atoms with van der Waals surface area (Å²) in [6, 6.07) is 4.01. The average molecular weight is 353 g/mol. The van der Waals surface area contributed by atoms with E-state index >= 15 is 0 Å². The first-order valence-electron chi connectivity index (χ1n) is 4.92. The second-order valence-corrected chi connectivity index (χ2v) is 5.49. The van der Waals surface area contributed by atoms with E-state index in [0.29, 0.717) is 16.6 Å². The molecule has 1 rings (SSSR count). The predicted octanol–water partition coefficient (Wildman–Crippen LogP) is 3.49. The van der Waals surface area contributed by atoms with Crippen molar-refractivity contribution < 1.29 is 9.18 Å². The Balaban J connectivity index is 2.66. The van der Waals surface area contributed by atoms with Crippen molar-refractivity contribution >= 4 is 37.8 Å². The second-order valence-electron chi connectivity index (χ2n) is 3.34. The fourth-order valence-electron chi connectivity index (χ4n) is 1.12. The van der Waals surface area contributed by atoms with Crippen molar-refractivity contribution in [2.75, 3.05) is 6.54 Å². The summed E-state index contributed by atoms with van der Waals surface area (Å²) in [4.78, 5) is 12.0. The van der Waals surface area contributed by atoms with Gasteiger partial charge in [-0.25, -0.2) is 4.39 Å². The number of hydrogen-bond acceptors (Lipinski definition) is 1. The van der Waals surface area contributed by atoms with E-state index in [9.17, 15) is 9.18 Å². The van der Waals surface area contributed by atoms with Gasteiger partial charge in [0.15, 0.2) is 0 Å². The van der Waals surface area contributed by atoms with Crippen LogP contribution >= 0.6 is 31.9 Å². The number of carbonyl (C=O) groups excluding carboxylic acids is 1. The molecule has 0 radical (unpaired) electrons. The van der Waals surface area contributed by atoms with E-state index in [2.05, 4.69) is 37.2 Å². The van der Waals surface area contributed by atoms with Crippen LogP contribution in [0.25, 0.3) is 0 Å². The maximum atomic E-state index is 12.8. The van der Waals surface area contributed by atoms with E-state index in [0.717, 1.165) is 6.42 Å². The fourth-order valence-corrected chi connectivity index (χ4v) is 1.81. The lowest BCUT2D eigenvalue weighted by Gasteiger charge is -2.09. The molecule has 1 aromatic rings. The third-order valence-corrected chi connectivity index (χ3v) is 3.73. The predicted molar refractivity (Wildman–Crippen MR) is 69.4 cm³/mol. The van der Waals surface area contributed by atoms with Crippen molar-refractivity contribution in [1.82, 2.24) is 5.32 Å². The number of benzene rings is 1. The quantitative estimate of drug-likeness (QED) is 0.825. The van der Waals surface area contributed by atoms with Crippen molar-refractivity contribution in [2.45, 2.75) is 18.2 Å². The first kappa shape index (κ1) is 13.6. The standard InChI is InChI=1S/C11H12Br2FNO/c1-2-7(12)6-15-11(16)9-4-3-8(14)5-10(9)13/h3-5,7H,2,6H2,1H3,(H,15,16).